The zero-order valence-electron chi connectivity index (χ0n) is 19.7. The summed E-state index contributed by atoms with van der Waals surface area (Å²) in [6.45, 7) is 5.26. The first-order chi connectivity index (χ1) is 16.0. The molecule has 2 aromatic rings. The van der Waals surface area contributed by atoms with Crippen LogP contribution in [0.15, 0.2) is 23.1 Å². The van der Waals surface area contributed by atoms with Crippen LogP contribution < -0.4 is 20.1 Å². The largest absolute Gasteiger partial charge is 0.495 e. The summed E-state index contributed by atoms with van der Waals surface area (Å²) in [6.07, 6.45) is 8.54. The zero-order chi connectivity index (χ0) is 23.3. The molecule has 0 atom stereocenters. The van der Waals surface area contributed by atoms with Crippen molar-refractivity contribution in [2.75, 3.05) is 38.6 Å². The summed E-state index contributed by atoms with van der Waals surface area (Å²) in [5.74, 6) is 1.43. The maximum Gasteiger partial charge on any atom is 0.244 e. The van der Waals surface area contributed by atoms with Crippen LogP contribution >= 0.6 is 11.3 Å². The van der Waals surface area contributed by atoms with Crippen molar-refractivity contribution >= 4 is 26.5 Å². The maximum atomic E-state index is 13.2. The summed E-state index contributed by atoms with van der Waals surface area (Å²) in [4.78, 5) is 5.87. The van der Waals surface area contributed by atoms with Gasteiger partial charge >= 0.3 is 0 Å². The highest BCUT2D eigenvalue weighted by Crippen LogP contribution is 2.37. The molecule has 0 amide bonds. The van der Waals surface area contributed by atoms with E-state index in [4.69, 9.17) is 9.72 Å². The van der Waals surface area contributed by atoms with Gasteiger partial charge in [-0.1, -0.05) is 30.6 Å². The van der Waals surface area contributed by atoms with Gasteiger partial charge in [0, 0.05) is 13.1 Å². The van der Waals surface area contributed by atoms with E-state index in [1.807, 2.05) is 13.0 Å². The van der Waals surface area contributed by atoms with Gasteiger partial charge in [0.1, 0.15) is 10.6 Å². The van der Waals surface area contributed by atoms with E-state index in [1.54, 1.807) is 23.5 Å². The van der Waals surface area contributed by atoms with E-state index in [2.05, 4.69) is 15.4 Å². The van der Waals surface area contributed by atoms with Crippen LogP contribution in [0.2, 0.25) is 0 Å². The van der Waals surface area contributed by atoms with Gasteiger partial charge in [-0.05, 0) is 81.3 Å². The molecular weight excluding hydrogens is 456 g/mol. The van der Waals surface area contributed by atoms with Crippen LogP contribution in [0, 0.1) is 18.8 Å². The number of hydrogen-bond acceptors (Lipinski definition) is 7. The lowest BCUT2D eigenvalue weighted by Crippen LogP contribution is -2.36. The predicted octanol–water partition coefficient (Wildman–Crippen LogP) is 4.40. The number of anilines is 1. The molecule has 3 N–H and O–H groups in total. The molecule has 1 aromatic heterocycles. The summed E-state index contributed by atoms with van der Waals surface area (Å²) in [7, 11) is -2.18. The lowest BCUT2D eigenvalue weighted by atomic mass is 9.89. The van der Waals surface area contributed by atoms with Crippen molar-refractivity contribution in [3.63, 3.8) is 0 Å². The van der Waals surface area contributed by atoms with Crippen molar-refractivity contribution in [2.24, 2.45) is 11.8 Å². The predicted molar refractivity (Wildman–Crippen MR) is 135 cm³/mol. The number of nitrogens with one attached hydrogen (secondary N) is 3. The average molecular weight is 493 g/mol. The minimum Gasteiger partial charge on any atom is -0.495 e. The number of piperidine rings is 1. The van der Waals surface area contributed by atoms with Crippen molar-refractivity contribution < 1.29 is 13.2 Å². The third kappa shape index (κ3) is 6.26. The van der Waals surface area contributed by atoms with E-state index in [-0.39, 0.29) is 4.90 Å². The average Bonchev–Trinajstić information content (AvgIpc) is 3.23. The highest BCUT2D eigenvalue weighted by molar-refractivity contribution is 7.89. The van der Waals surface area contributed by atoms with Gasteiger partial charge in [-0.15, -0.1) is 0 Å². The summed E-state index contributed by atoms with van der Waals surface area (Å²) in [6, 6.07) is 5.37. The third-order valence-electron chi connectivity index (χ3n) is 6.80. The number of aromatic nitrogens is 1. The van der Waals surface area contributed by atoms with Crippen LogP contribution in [-0.4, -0.2) is 46.7 Å². The summed E-state index contributed by atoms with van der Waals surface area (Å²) in [5.41, 5.74) is 1.75. The van der Waals surface area contributed by atoms with E-state index in [1.165, 1.54) is 39.2 Å². The summed E-state index contributed by atoms with van der Waals surface area (Å²) >= 11 is 1.58. The first-order valence-electron chi connectivity index (χ1n) is 12.1. The molecule has 0 radical (unpaired) electrons. The summed E-state index contributed by atoms with van der Waals surface area (Å²) < 4.78 is 34.6. The van der Waals surface area contributed by atoms with E-state index < -0.39 is 10.0 Å². The minimum absolute atomic E-state index is 0.181. The molecule has 1 saturated heterocycles. The Morgan fingerprint density at radius 1 is 1.09 bits per heavy atom. The molecule has 1 aromatic carbocycles. The first kappa shape index (κ1) is 24.4. The molecule has 7 nitrogen and oxygen atoms in total. The quantitative estimate of drug-likeness (QED) is 0.481. The topological polar surface area (TPSA) is 92.3 Å². The minimum atomic E-state index is -3.69. The Kier molecular flexibility index (Phi) is 8.27. The number of benzene rings is 1. The molecule has 1 aliphatic heterocycles. The molecule has 182 valence electrons. The molecule has 2 aliphatic rings. The number of rotatable bonds is 9. The van der Waals surface area contributed by atoms with Crippen molar-refractivity contribution in [1.29, 1.82) is 0 Å². The molecule has 4 rings (SSSR count). The molecular formula is C24H36N4O3S2. The Morgan fingerprint density at radius 2 is 1.82 bits per heavy atom. The number of methoxy groups -OCH3 is 1. The molecule has 1 aliphatic carbocycles. The smallest absolute Gasteiger partial charge is 0.244 e. The van der Waals surface area contributed by atoms with Gasteiger partial charge in [0.15, 0.2) is 5.13 Å². The Bertz CT molecular complexity index is 1030. The number of nitrogens with zero attached hydrogens (tertiary/aromatic N) is 1. The number of hydrogen-bond donors (Lipinski definition) is 3. The Labute approximate surface area is 201 Å². The van der Waals surface area contributed by atoms with E-state index in [0.29, 0.717) is 18.2 Å². The Morgan fingerprint density at radius 3 is 2.55 bits per heavy atom. The van der Waals surface area contributed by atoms with Crippen LogP contribution in [0.25, 0.3) is 10.4 Å². The van der Waals surface area contributed by atoms with Crippen LogP contribution in [0.4, 0.5) is 5.13 Å². The third-order valence-corrected chi connectivity index (χ3v) is 9.41. The van der Waals surface area contributed by atoms with Crippen molar-refractivity contribution in [3.8, 4) is 16.2 Å². The van der Waals surface area contributed by atoms with Gasteiger partial charge in [-0.2, -0.15) is 0 Å². The van der Waals surface area contributed by atoms with Gasteiger partial charge in [0.25, 0.3) is 0 Å². The van der Waals surface area contributed by atoms with Gasteiger partial charge in [-0.3, -0.25) is 0 Å². The molecule has 33 heavy (non-hydrogen) atoms. The molecule has 2 fully saturated rings. The fourth-order valence-electron chi connectivity index (χ4n) is 4.78. The Balaban J connectivity index is 1.50. The van der Waals surface area contributed by atoms with E-state index >= 15 is 0 Å². The van der Waals surface area contributed by atoms with Crippen molar-refractivity contribution in [3.05, 3.63) is 23.9 Å². The first-order valence-corrected chi connectivity index (χ1v) is 14.4. The molecule has 1 saturated carbocycles. The summed E-state index contributed by atoms with van der Waals surface area (Å²) in [5, 5.41) is 7.73. The number of ether oxygens (including phenoxy) is 1. The van der Waals surface area contributed by atoms with Gasteiger partial charge in [0.2, 0.25) is 10.0 Å². The standard InChI is InChI=1S/C24H36N4O3S2/c1-17-23(32-24(28-17)26-15-18-6-4-3-5-7-18)20-8-9-21(31-2)22(14-20)33(29,30)27-16-19-10-12-25-13-11-19/h8-9,14,18-19,25,27H,3-7,10-13,15-16H2,1-2H3,(H,26,28). The highest BCUT2D eigenvalue weighted by Gasteiger charge is 2.24. The number of sulfonamides is 1. The molecule has 9 heteroatoms. The van der Waals surface area contributed by atoms with Crippen LogP contribution in [-0.2, 0) is 10.0 Å². The van der Waals surface area contributed by atoms with Crippen molar-refractivity contribution in [2.45, 2.75) is 56.8 Å². The second-order valence-electron chi connectivity index (χ2n) is 9.23. The molecule has 0 unspecified atom stereocenters. The van der Waals surface area contributed by atoms with Crippen LogP contribution in [0.5, 0.6) is 5.75 Å². The lowest BCUT2D eigenvalue weighted by Gasteiger charge is -2.23. The SMILES string of the molecule is COc1ccc(-c2sc(NCC3CCCCC3)nc2C)cc1S(=O)(=O)NCC1CCNCC1. The second kappa shape index (κ2) is 11.2. The second-order valence-corrected chi connectivity index (χ2v) is 12.0. The van der Waals surface area contributed by atoms with E-state index in [0.717, 1.165) is 59.7 Å². The van der Waals surface area contributed by atoms with Crippen molar-refractivity contribution in [1.82, 2.24) is 15.0 Å². The number of thiazole rings is 1. The van der Waals surface area contributed by atoms with Crippen LogP contribution in [0.3, 0.4) is 0 Å². The normalized spacial score (nSPS) is 18.4. The maximum absolute atomic E-state index is 13.2. The highest BCUT2D eigenvalue weighted by atomic mass is 32.2. The molecule has 0 bridgehead atoms. The monoisotopic (exact) mass is 492 g/mol. The number of aryl methyl sites for hydroxylation is 1. The Hall–Kier alpha value is -1.68. The lowest BCUT2D eigenvalue weighted by molar-refractivity contribution is 0.371. The fraction of sp³-hybridized carbons (Fsp3) is 0.625. The van der Waals surface area contributed by atoms with Crippen LogP contribution in [0.1, 0.15) is 50.6 Å². The van der Waals surface area contributed by atoms with Gasteiger partial charge < -0.3 is 15.4 Å². The fourth-order valence-corrected chi connectivity index (χ4v) is 7.06. The van der Waals surface area contributed by atoms with Gasteiger partial charge in [0.05, 0.1) is 17.7 Å². The van der Waals surface area contributed by atoms with E-state index in [9.17, 15) is 8.42 Å². The molecule has 0 spiro atoms. The van der Waals surface area contributed by atoms with Gasteiger partial charge in [-0.25, -0.2) is 18.1 Å². The zero-order valence-corrected chi connectivity index (χ0v) is 21.3. The molecule has 2 heterocycles.